The Morgan fingerprint density at radius 1 is 1.43 bits per heavy atom. The van der Waals surface area contributed by atoms with Crippen molar-refractivity contribution in [1.29, 1.82) is 0 Å². The minimum Gasteiger partial charge on any atom is -0.383 e. The lowest BCUT2D eigenvalue weighted by Gasteiger charge is -2.28. The van der Waals surface area contributed by atoms with Crippen LogP contribution in [0, 0.1) is 11.6 Å². The first-order chi connectivity index (χ1) is 9.93. The smallest absolute Gasteiger partial charge is 0.159 e. The number of alkyl halides is 1. The van der Waals surface area contributed by atoms with E-state index in [-0.39, 0.29) is 18.6 Å². The Hall–Kier alpha value is -0.790. The lowest BCUT2D eigenvalue weighted by molar-refractivity contribution is 0.0474. The van der Waals surface area contributed by atoms with Gasteiger partial charge in [0.05, 0.1) is 12.6 Å². The Morgan fingerprint density at radius 2 is 2.14 bits per heavy atom. The third-order valence-electron chi connectivity index (χ3n) is 3.89. The minimum absolute atomic E-state index is 0.144. The van der Waals surface area contributed by atoms with Gasteiger partial charge in [-0.2, -0.15) is 0 Å². The van der Waals surface area contributed by atoms with E-state index >= 15 is 0 Å². The lowest BCUT2D eigenvalue weighted by atomic mass is 9.95. The van der Waals surface area contributed by atoms with Gasteiger partial charge in [0.15, 0.2) is 11.6 Å². The highest BCUT2D eigenvalue weighted by Crippen LogP contribution is 2.29. The molecule has 7 heteroatoms. The molecule has 1 fully saturated rings. The van der Waals surface area contributed by atoms with E-state index in [0.717, 1.165) is 6.07 Å². The predicted molar refractivity (Wildman–Crippen MR) is 76.2 cm³/mol. The predicted octanol–water partition coefficient (Wildman–Crippen LogP) is 1.26. The molecule has 4 nitrogen and oxygen atoms in total. The first-order valence-corrected chi connectivity index (χ1v) is 7.13. The minimum atomic E-state index is -1.08. The Labute approximate surface area is 127 Å². The summed E-state index contributed by atoms with van der Waals surface area (Å²) in [6, 6.07) is 3.17. The molecular formula is C14H19ClF2N2O2. The maximum absolute atomic E-state index is 13.4. The van der Waals surface area contributed by atoms with Gasteiger partial charge in [-0.15, -0.1) is 0 Å². The number of likely N-dealkylation sites (tertiary alicyclic amines) is 1. The van der Waals surface area contributed by atoms with Crippen LogP contribution < -0.4 is 5.73 Å². The summed E-state index contributed by atoms with van der Waals surface area (Å²) in [5.41, 5.74) is 5.66. The molecule has 0 saturated carbocycles. The SMILES string of the molecule is COCC(C(O)Cl)N1C[C@@H](N)[C@H](c2ccc(F)c(F)c2)C1. The molecule has 1 saturated heterocycles. The van der Waals surface area contributed by atoms with Crippen molar-refractivity contribution in [1.82, 2.24) is 4.90 Å². The van der Waals surface area contributed by atoms with Crippen molar-refractivity contribution < 1.29 is 18.6 Å². The van der Waals surface area contributed by atoms with Gasteiger partial charge in [0, 0.05) is 32.2 Å². The monoisotopic (exact) mass is 320 g/mol. The maximum Gasteiger partial charge on any atom is 0.159 e. The standard InChI is InChI=1S/C14H19ClF2N2O2/c1-21-7-13(14(15)20)19-5-9(12(18)6-19)8-2-3-10(16)11(17)4-8/h2-4,9,12-14,20H,5-7,18H2,1H3/t9-,12+,13?,14?/m0/s1. The second-order valence-electron chi connectivity index (χ2n) is 5.29. The van der Waals surface area contributed by atoms with Crippen LogP contribution in [0.5, 0.6) is 0 Å². The summed E-state index contributed by atoms with van der Waals surface area (Å²) in [7, 11) is 1.52. The Morgan fingerprint density at radius 3 is 2.71 bits per heavy atom. The zero-order valence-corrected chi connectivity index (χ0v) is 12.4. The van der Waals surface area contributed by atoms with Crippen LogP contribution in [0.15, 0.2) is 18.2 Å². The number of halogens is 3. The summed E-state index contributed by atoms with van der Waals surface area (Å²) >= 11 is 5.77. The van der Waals surface area contributed by atoms with Crippen LogP contribution in [0.2, 0.25) is 0 Å². The zero-order chi connectivity index (χ0) is 15.6. The van der Waals surface area contributed by atoms with Crippen LogP contribution in [0.1, 0.15) is 11.5 Å². The zero-order valence-electron chi connectivity index (χ0n) is 11.7. The Balaban J connectivity index is 2.14. The molecule has 1 aromatic rings. The molecule has 1 heterocycles. The van der Waals surface area contributed by atoms with Gasteiger partial charge in [-0.1, -0.05) is 17.7 Å². The first kappa shape index (κ1) is 16.6. The molecule has 0 radical (unpaired) electrons. The number of methoxy groups -OCH3 is 1. The fourth-order valence-corrected chi connectivity index (χ4v) is 2.99. The number of ether oxygens (including phenoxy) is 1. The van der Waals surface area contributed by atoms with E-state index < -0.39 is 23.2 Å². The van der Waals surface area contributed by atoms with Gasteiger partial charge in [-0.25, -0.2) is 8.78 Å². The van der Waals surface area contributed by atoms with Gasteiger partial charge in [-0.05, 0) is 17.7 Å². The first-order valence-electron chi connectivity index (χ1n) is 6.69. The molecule has 3 N–H and O–H groups in total. The maximum atomic E-state index is 13.4. The van der Waals surface area contributed by atoms with E-state index in [1.165, 1.54) is 19.2 Å². The van der Waals surface area contributed by atoms with Crippen molar-refractivity contribution in [2.45, 2.75) is 23.6 Å². The van der Waals surface area contributed by atoms with Gasteiger partial charge in [0.2, 0.25) is 0 Å². The van der Waals surface area contributed by atoms with Crippen molar-refractivity contribution in [3.05, 3.63) is 35.4 Å². The summed E-state index contributed by atoms with van der Waals surface area (Å²) in [6.07, 6.45) is 0. The third-order valence-corrected chi connectivity index (χ3v) is 4.18. The van der Waals surface area contributed by atoms with Crippen molar-refractivity contribution in [2.75, 3.05) is 26.8 Å². The van der Waals surface area contributed by atoms with Crippen molar-refractivity contribution in [3.63, 3.8) is 0 Å². The molecule has 0 aromatic heterocycles. The largest absolute Gasteiger partial charge is 0.383 e. The summed E-state index contributed by atoms with van der Waals surface area (Å²) in [5.74, 6) is -1.91. The number of aliphatic hydroxyl groups excluding tert-OH is 1. The van der Waals surface area contributed by atoms with E-state index in [0.29, 0.717) is 18.7 Å². The second kappa shape index (κ2) is 6.98. The van der Waals surface area contributed by atoms with Crippen LogP contribution in [0.3, 0.4) is 0 Å². The number of hydrogen-bond acceptors (Lipinski definition) is 4. The average molecular weight is 321 g/mol. The topological polar surface area (TPSA) is 58.7 Å². The van der Waals surface area contributed by atoms with Gasteiger partial charge in [-0.3, -0.25) is 4.90 Å². The van der Waals surface area contributed by atoms with Crippen LogP contribution in [-0.2, 0) is 4.74 Å². The second-order valence-corrected chi connectivity index (χ2v) is 5.74. The summed E-state index contributed by atoms with van der Waals surface area (Å²) < 4.78 is 31.4. The highest BCUT2D eigenvalue weighted by atomic mass is 35.5. The molecule has 4 atom stereocenters. The lowest BCUT2D eigenvalue weighted by Crippen LogP contribution is -2.44. The van der Waals surface area contributed by atoms with E-state index in [1.54, 1.807) is 0 Å². The van der Waals surface area contributed by atoms with Gasteiger partial charge >= 0.3 is 0 Å². The van der Waals surface area contributed by atoms with Crippen molar-refractivity contribution in [2.24, 2.45) is 5.73 Å². The van der Waals surface area contributed by atoms with Gasteiger partial charge < -0.3 is 15.6 Å². The number of benzene rings is 1. The van der Waals surface area contributed by atoms with Crippen LogP contribution in [-0.4, -0.2) is 54.5 Å². The van der Waals surface area contributed by atoms with Crippen LogP contribution in [0.4, 0.5) is 8.78 Å². The average Bonchev–Trinajstić information content (AvgIpc) is 2.80. The van der Waals surface area contributed by atoms with Crippen molar-refractivity contribution in [3.8, 4) is 0 Å². The summed E-state index contributed by atoms with van der Waals surface area (Å²) in [6.45, 7) is 1.27. The highest BCUT2D eigenvalue weighted by Gasteiger charge is 2.37. The number of aliphatic hydroxyl groups is 1. The van der Waals surface area contributed by atoms with Gasteiger partial charge in [0.25, 0.3) is 0 Å². The molecule has 1 aliphatic heterocycles. The molecule has 118 valence electrons. The fraction of sp³-hybridized carbons (Fsp3) is 0.571. The number of nitrogens with two attached hydrogens (primary N) is 1. The quantitative estimate of drug-likeness (QED) is 0.802. The van der Waals surface area contributed by atoms with Crippen molar-refractivity contribution >= 4 is 11.6 Å². The Kier molecular flexibility index (Phi) is 5.51. The fourth-order valence-electron chi connectivity index (χ4n) is 2.76. The van der Waals surface area contributed by atoms with Gasteiger partial charge in [0.1, 0.15) is 5.56 Å². The highest BCUT2D eigenvalue weighted by molar-refractivity contribution is 6.19. The molecule has 0 amide bonds. The molecular weight excluding hydrogens is 302 g/mol. The summed E-state index contributed by atoms with van der Waals surface area (Å²) in [5, 5.41) is 9.62. The normalized spacial score (nSPS) is 26.0. The molecule has 21 heavy (non-hydrogen) atoms. The molecule has 1 aliphatic rings. The van der Waals surface area contributed by atoms with E-state index in [2.05, 4.69) is 0 Å². The molecule has 2 rings (SSSR count). The Bertz CT molecular complexity index is 490. The van der Waals surface area contributed by atoms with Crippen LogP contribution >= 0.6 is 11.6 Å². The van der Waals surface area contributed by atoms with Crippen LogP contribution in [0.25, 0.3) is 0 Å². The molecule has 0 aliphatic carbocycles. The van der Waals surface area contributed by atoms with E-state index in [1.807, 2.05) is 4.90 Å². The molecule has 0 bridgehead atoms. The van der Waals surface area contributed by atoms with E-state index in [4.69, 9.17) is 22.1 Å². The number of nitrogens with zero attached hydrogens (tertiary/aromatic N) is 1. The van der Waals surface area contributed by atoms with E-state index in [9.17, 15) is 13.9 Å². The summed E-state index contributed by atoms with van der Waals surface area (Å²) in [4.78, 5) is 1.91. The number of rotatable bonds is 5. The molecule has 1 aromatic carbocycles. The third kappa shape index (κ3) is 3.70. The molecule has 0 spiro atoms. The number of hydrogen-bond donors (Lipinski definition) is 2. The molecule has 2 unspecified atom stereocenters.